The van der Waals surface area contributed by atoms with Crippen molar-refractivity contribution in [3.63, 3.8) is 0 Å². The van der Waals surface area contributed by atoms with Crippen molar-refractivity contribution in [3.05, 3.63) is 57.0 Å². The van der Waals surface area contributed by atoms with Crippen LogP contribution < -0.4 is 43.0 Å². The Bertz CT molecular complexity index is 3220. The molecule has 13 atom stereocenters. The van der Waals surface area contributed by atoms with Crippen LogP contribution in [0.4, 0.5) is 17.7 Å². The molecule has 9 rings (SSSR count). The topological polar surface area (TPSA) is 487 Å². The first kappa shape index (κ1) is 55.7. The first-order chi connectivity index (χ1) is 36.2. The summed E-state index contributed by atoms with van der Waals surface area (Å²) < 4.78 is 98.9. The van der Waals surface area contributed by atoms with E-state index in [1.807, 2.05) is 6.08 Å². The van der Waals surface area contributed by atoms with Gasteiger partial charge < -0.3 is 92.8 Å². The van der Waals surface area contributed by atoms with Gasteiger partial charge in [-0.15, -0.1) is 0 Å². The number of aliphatic hydroxyl groups is 2. The lowest BCUT2D eigenvalue weighted by Gasteiger charge is -2.33. The Morgan fingerprint density at radius 1 is 0.763 bits per heavy atom. The van der Waals surface area contributed by atoms with E-state index in [2.05, 4.69) is 39.9 Å². The van der Waals surface area contributed by atoms with Crippen LogP contribution in [0.15, 0.2) is 34.6 Å². The van der Waals surface area contributed by atoms with Crippen molar-refractivity contribution in [2.75, 3.05) is 84.1 Å². The number of methoxy groups -OCH3 is 2. The molecule has 0 saturated carbocycles. The summed E-state index contributed by atoms with van der Waals surface area (Å²) in [6.45, 7) is -3.55. The summed E-state index contributed by atoms with van der Waals surface area (Å²) in [5, 5.41) is 19.5. The maximum atomic E-state index is 13.9. The summed E-state index contributed by atoms with van der Waals surface area (Å²) in [7, 11) is -13.7. The number of ether oxygens (including phenoxy) is 4. The van der Waals surface area contributed by atoms with Gasteiger partial charge in [-0.3, -0.25) is 42.7 Å². The molecule has 6 unspecified atom stereocenters. The Hall–Kier alpha value is -5.03. The Kier molecular flexibility index (Phi) is 16.7. The van der Waals surface area contributed by atoms with E-state index in [1.54, 1.807) is 4.90 Å². The predicted molar refractivity (Wildman–Crippen MR) is 251 cm³/mol. The number of allylic oxidation sites excluding steroid dienone is 1. The number of phosphoric acid groups is 3. The Labute approximate surface area is 428 Å². The van der Waals surface area contributed by atoms with Crippen molar-refractivity contribution in [3.8, 4) is 0 Å². The van der Waals surface area contributed by atoms with Crippen molar-refractivity contribution >= 4 is 69.1 Å². The lowest BCUT2D eigenvalue weighted by Crippen LogP contribution is -2.40. The van der Waals surface area contributed by atoms with Crippen molar-refractivity contribution in [2.45, 2.75) is 74.4 Å². The molecular formula is C39H52N14O20P3-3. The maximum Gasteiger partial charge on any atom is 0.280 e. The van der Waals surface area contributed by atoms with Gasteiger partial charge in [0, 0.05) is 51.9 Å². The van der Waals surface area contributed by atoms with E-state index in [-0.39, 0.29) is 72.6 Å². The van der Waals surface area contributed by atoms with E-state index < -0.39 is 129 Å². The molecule has 416 valence electrons. The number of nitrogens with one attached hydrogen (secondary N) is 2. The molecule has 1 aliphatic carbocycles. The highest BCUT2D eigenvalue weighted by molar-refractivity contribution is 7.46. The number of aromatic amines is 2. The van der Waals surface area contributed by atoms with Gasteiger partial charge in [-0.05, 0) is 18.4 Å². The molecule has 3 fully saturated rings. The van der Waals surface area contributed by atoms with Crippen LogP contribution in [-0.4, -0.2) is 180 Å². The zero-order valence-corrected chi connectivity index (χ0v) is 42.9. The highest BCUT2D eigenvalue weighted by Gasteiger charge is 2.51. The molecule has 0 amide bonds. The van der Waals surface area contributed by atoms with Gasteiger partial charge in [0.05, 0.1) is 57.4 Å². The first-order valence-electron chi connectivity index (χ1n) is 23.1. The third-order valence-corrected chi connectivity index (χ3v) is 15.8. The number of nitrogens with two attached hydrogens (primary N) is 3. The second-order valence-electron chi connectivity index (χ2n) is 17.8. The first-order valence-corrected chi connectivity index (χ1v) is 27.5. The number of nitrogens with zero attached hydrogens (tertiary/aromatic N) is 9. The molecule has 34 nitrogen and oxygen atoms in total. The number of rotatable bonds is 24. The molecule has 5 aromatic rings. The molecule has 3 aliphatic heterocycles. The minimum Gasteiger partial charge on any atom is -0.756 e. The normalized spacial score (nSPS) is 28.2. The Morgan fingerprint density at radius 2 is 1.41 bits per heavy atom. The van der Waals surface area contributed by atoms with Crippen molar-refractivity contribution in [1.82, 2.24) is 53.9 Å². The van der Waals surface area contributed by atoms with E-state index in [4.69, 9.17) is 63.3 Å². The predicted octanol–water partition coefficient (Wildman–Crippen LogP) is -3.96. The SMILES string of the molecule is CO[C@H]1C(OP(=O)([O-])OCCCO)[C@@H](COP(=O)([O-])OC2CN(CC3=CCc4c(N)ncnc43)C[C@@H]2COP(=O)([O-])OC2[C@@H](CO)O[C@@H](n3cnc4c(=O)[nH]c(N)nc43)[C@H]2OC)O[C@H]1Cn1cnc2c(=O)[nH]c(N)nc21. The standard InChI is InChI=1S/C39H55N14O20P3/c1-64-28-22(11-52-16-45-26-33(52)47-38(41)49-35(26)56)69-24(30(28)73-74(58,59)66-7-3-6-54)14-68-75(60,61)71-21-10-51(8-18-4-5-20-25(18)43-15-44-32(20)40)9-19(21)13-67-76(62,63)72-29-23(12-55)70-37(31(29)65-2)53-17-46-27-34(53)48-39(42)50-36(27)57/h4,15-17,19,21-24,28-31,37,54-55H,3,5-14H2,1-2H3,(H,58,59)(H,60,61)(H,62,63)(H2,40,43,44)(H3,41,47,49,56)(H3,42,48,50,57)/p-3/t19-,21?,22+,23-,24-,28-,29?,30?,31+,37-/m1/s1. The fraction of sp³-hybridized carbons (Fsp3) is 0.590. The van der Waals surface area contributed by atoms with E-state index in [0.717, 1.165) is 0 Å². The van der Waals surface area contributed by atoms with Crippen molar-refractivity contribution < 1.29 is 84.7 Å². The van der Waals surface area contributed by atoms with E-state index >= 15 is 0 Å². The summed E-state index contributed by atoms with van der Waals surface area (Å²) >= 11 is 0. The summed E-state index contributed by atoms with van der Waals surface area (Å²) in [6, 6.07) is 0. The number of likely N-dealkylation sites (tertiary alicyclic amines) is 1. The van der Waals surface area contributed by atoms with Crippen LogP contribution in [0.25, 0.3) is 27.9 Å². The number of imidazole rings is 2. The summed E-state index contributed by atoms with van der Waals surface area (Å²) in [5.74, 6) is -1.26. The fourth-order valence-corrected chi connectivity index (χ4v) is 12.4. The number of hydrogen-bond acceptors (Lipinski definition) is 30. The number of H-pyrrole nitrogens is 2. The van der Waals surface area contributed by atoms with E-state index in [0.29, 0.717) is 23.3 Å². The van der Waals surface area contributed by atoms with E-state index in [1.165, 1.54) is 42.3 Å². The summed E-state index contributed by atoms with van der Waals surface area (Å²) in [5.41, 5.74) is 18.1. The lowest BCUT2D eigenvalue weighted by atomic mass is 10.1. The second-order valence-corrected chi connectivity index (χ2v) is 21.8. The van der Waals surface area contributed by atoms with Crippen LogP contribution in [0.2, 0.25) is 0 Å². The van der Waals surface area contributed by atoms with Crippen LogP contribution in [0.5, 0.6) is 0 Å². The number of fused-ring (bicyclic) bond motifs is 3. The number of aliphatic hydroxyl groups excluding tert-OH is 2. The van der Waals surface area contributed by atoms with Crippen LogP contribution in [-0.2, 0) is 72.8 Å². The van der Waals surface area contributed by atoms with Crippen molar-refractivity contribution in [1.29, 1.82) is 0 Å². The minimum absolute atomic E-state index is 0.0291. The summed E-state index contributed by atoms with van der Waals surface area (Å²) in [6.07, 6.45) is -6.51. The summed E-state index contributed by atoms with van der Waals surface area (Å²) in [4.78, 5) is 96.9. The number of aromatic nitrogens is 10. The van der Waals surface area contributed by atoms with Gasteiger partial charge >= 0.3 is 0 Å². The van der Waals surface area contributed by atoms with Gasteiger partial charge in [-0.25, -0.2) is 19.9 Å². The maximum absolute atomic E-state index is 13.9. The quantitative estimate of drug-likeness (QED) is 0.0229. The van der Waals surface area contributed by atoms with E-state index in [9.17, 15) is 48.2 Å². The molecule has 0 radical (unpaired) electrons. The van der Waals surface area contributed by atoms with Crippen molar-refractivity contribution in [2.24, 2.45) is 5.92 Å². The van der Waals surface area contributed by atoms with Gasteiger partial charge in [-0.1, -0.05) is 6.08 Å². The van der Waals surface area contributed by atoms with Crippen LogP contribution >= 0.6 is 23.5 Å². The highest BCUT2D eigenvalue weighted by atomic mass is 31.2. The Balaban J connectivity index is 0.919. The Morgan fingerprint density at radius 3 is 2.11 bits per heavy atom. The van der Waals surface area contributed by atoms with Gasteiger partial charge in [0.1, 0.15) is 54.9 Å². The molecule has 4 aliphatic rings. The van der Waals surface area contributed by atoms with Crippen LogP contribution in [0, 0.1) is 5.92 Å². The van der Waals surface area contributed by atoms with Crippen LogP contribution in [0.3, 0.4) is 0 Å². The molecule has 0 bridgehead atoms. The average Bonchev–Trinajstić information content (AvgIpc) is 4.24. The fourth-order valence-electron chi connectivity index (χ4n) is 9.47. The number of phosphoric ester groups is 3. The molecule has 76 heavy (non-hydrogen) atoms. The monoisotopic (exact) mass is 1130 g/mol. The van der Waals surface area contributed by atoms with Gasteiger partial charge in [-0.2, -0.15) is 9.97 Å². The highest BCUT2D eigenvalue weighted by Crippen LogP contribution is 2.50. The van der Waals surface area contributed by atoms with Crippen LogP contribution in [0.1, 0.15) is 23.9 Å². The molecule has 8 heterocycles. The van der Waals surface area contributed by atoms with Gasteiger partial charge in [0.2, 0.25) is 11.9 Å². The zero-order chi connectivity index (χ0) is 54.3. The molecular weight excluding hydrogens is 1080 g/mol. The largest absolute Gasteiger partial charge is 0.756 e. The smallest absolute Gasteiger partial charge is 0.280 e. The molecule has 0 aromatic carbocycles. The molecule has 37 heteroatoms. The lowest BCUT2D eigenvalue weighted by molar-refractivity contribution is -0.237. The molecule has 0 spiro atoms. The minimum atomic E-state index is -5.49. The average molecular weight is 1130 g/mol. The second kappa shape index (κ2) is 22.7. The zero-order valence-electron chi connectivity index (χ0n) is 40.2. The number of hydrogen-bond donors (Lipinski definition) is 7. The number of nitrogen functional groups attached to an aromatic ring is 3. The third kappa shape index (κ3) is 12.0. The third-order valence-electron chi connectivity index (χ3n) is 12.9. The number of anilines is 3. The molecule has 3 saturated heterocycles. The molecule has 5 aromatic heterocycles. The van der Waals surface area contributed by atoms with Gasteiger partial charge in [0.15, 0.2) is 28.6 Å². The van der Waals surface area contributed by atoms with Gasteiger partial charge in [0.25, 0.3) is 34.6 Å². The molecule has 10 N–H and O–H groups in total.